The number of benzene rings is 1. The van der Waals surface area contributed by atoms with Crippen molar-refractivity contribution < 1.29 is 9.84 Å². The molecule has 3 heteroatoms. The van der Waals surface area contributed by atoms with Gasteiger partial charge in [0.25, 0.3) is 0 Å². The Labute approximate surface area is 96.6 Å². The number of likely N-dealkylation sites (N-methyl/N-ethyl adjacent to an activating group) is 1. The molecule has 1 saturated heterocycles. The summed E-state index contributed by atoms with van der Waals surface area (Å²) in [4.78, 5) is 2.23. The molecule has 2 rings (SSSR count). The Kier molecular flexibility index (Phi) is 3.28. The summed E-state index contributed by atoms with van der Waals surface area (Å²) in [5.74, 6) is -1.17. The zero-order valence-electron chi connectivity index (χ0n) is 9.89. The topological polar surface area (TPSA) is 32.7 Å². The van der Waals surface area contributed by atoms with E-state index in [4.69, 9.17) is 4.74 Å². The van der Waals surface area contributed by atoms with Gasteiger partial charge in [0.15, 0.2) is 0 Å². The molecule has 0 aliphatic carbocycles. The molecule has 0 saturated carbocycles. The van der Waals surface area contributed by atoms with Gasteiger partial charge in [0, 0.05) is 12.1 Å². The van der Waals surface area contributed by atoms with Crippen molar-refractivity contribution in [3.8, 4) is 0 Å². The largest absolute Gasteiger partial charge is 0.361 e. The van der Waals surface area contributed by atoms with Crippen LogP contribution in [0.2, 0.25) is 0 Å². The molecule has 0 unspecified atom stereocenters. The summed E-state index contributed by atoms with van der Waals surface area (Å²) in [6.07, 6.45) is 0. The lowest BCUT2D eigenvalue weighted by atomic mass is 9.96. The van der Waals surface area contributed by atoms with E-state index < -0.39 is 5.79 Å². The minimum absolute atomic E-state index is 0.0198. The van der Waals surface area contributed by atoms with Gasteiger partial charge < -0.3 is 9.84 Å². The van der Waals surface area contributed by atoms with Crippen LogP contribution in [0.1, 0.15) is 19.4 Å². The second-order valence-electron chi connectivity index (χ2n) is 4.22. The van der Waals surface area contributed by atoms with Crippen molar-refractivity contribution in [3.05, 3.63) is 35.9 Å². The van der Waals surface area contributed by atoms with Crippen molar-refractivity contribution in [1.29, 1.82) is 0 Å². The van der Waals surface area contributed by atoms with Crippen molar-refractivity contribution in [2.45, 2.75) is 25.7 Å². The van der Waals surface area contributed by atoms with Gasteiger partial charge in [-0.2, -0.15) is 0 Å². The maximum atomic E-state index is 10.6. The predicted octanol–water partition coefficient (Wildman–Crippen LogP) is 1.57. The van der Waals surface area contributed by atoms with Gasteiger partial charge in [-0.3, -0.25) is 4.90 Å². The number of morpholine rings is 1. The lowest BCUT2D eigenvalue weighted by Crippen LogP contribution is -2.56. The quantitative estimate of drug-likeness (QED) is 0.823. The molecule has 1 fully saturated rings. The molecule has 1 aliphatic heterocycles. The van der Waals surface area contributed by atoms with Crippen molar-refractivity contribution in [2.75, 3.05) is 19.7 Å². The highest BCUT2D eigenvalue weighted by molar-refractivity contribution is 5.22. The number of ether oxygens (including phenoxy) is 1. The van der Waals surface area contributed by atoms with Crippen molar-refractivity contribution in [2.24, 2.45) is 0 Å². The first-order valence-corrected chi connectivity index (χ1v) is 5.84. The maximum absolute atomic E-state index is 10.6. The average molecular weight is 221 g/mol. The molecule has 0 spiro atoms. The highest BCUT2D eigenvalue weighted by Crippen LogP contribution is 2.32. The van der Waals surface area contributed by atoms with Crippen LogP contribution in [0.3, 0.4) is 0 Å². The maximum Gasteiger partial charge on any atom is 0.208 e. The standard InChI is InChI=1S/C13H19NO2/c1-3-14-9-10-16-13(15,11(14)2)12-7-5-4-6-8-12/h4-8,11,15H,3,9-10H2,1-2H3/t11-,13+/m1/s1. The first kappa shape index (κ1) is 11.6. The van der Waals surface area contributed by atoms with E-state index >= 15 is 0 Å². The third-order valence-electron chi connectivity index (χ3n) is 3.41. The summed E-state index contributed by atoms with van der Waals surface area (Å²) in [5.41, 5.74) is 0.834. The summed E-state index contributed by atoms with van der Waals surface area (Å²) in [6.45, 7) is 6.50. The van der Waals surface area contributed by atoms with E-state index in [0.29, 0.717) is 6.61 Å². The molecule has 1 N–H and O–H groups in total. The zero-order chi connectivity index (χ0) is 11.6. The Bertz CT molecular complexity index is 341. The molecular formula is C13H19NO2. The molecule has 88 valence electrons. The molecule has 0 amide bonds. The normalized spacial score (nSPS) is 31.6. The fourth-order valence-electron chi connectivity index (χ4n) is 2.31. The molecule has 1 aromatic carbocycles. The third-order valence-corrected chi connectivity index (χ3v) is 3.41. The van der Waals surface area contributed by atoms with Gasteiger partial charge in [0.2, 0.25) is 5.79 Å². The van der Waals surface area contributed by atoms with Crippen LogP contribution in [0.5, 0.6) is 0 Å². The highest BCUT2D eigenvalue weighted by atomic mass is 16.6. The smallest absolute Gasteiger partial charge is 0.208 e. The average Bonchev–Trinajstić information content (AvgIpc) is 2.34. The molecule has 0 radical (unpaired) electrons. The Morgan fingerprint density at radius 3 is 2.75 bits per heavy atom. The van der Waals surface area contributed by atoms with Gasteiger partial charge in [0.1, 0.15) is 0 Å². The first-order valence-electron chi connectivity index (χ1n) is 5.84. The van der Waals surface area contributed by atoms with Crippen molar-refractivity contribution in [1.82, 2.24) is 4.90 Å². The van der Waals surface area contributed by atoms with Gasteiger partial charge in [-0.15, -0.1) is 0 Å². The fourth-order valence-corrected chi connectivity index (χ4v) is 2.31. The van der Waals surface area contributed by atoms with Gasteiger partial charge in [-0.1, -0.05) is 37.3 Å². The van der Waals surface area contributed by atoms with Crippen molar-refractivity contribution >= 4 is 0 Å². The number of hydrogen-bond donors (Lipinski definition) is 1. The van der Waals surface area contributed by atoms with E-state index in [-0.39, 0.29) is 6.04 Å². The van der Waals surface area contributed by atoms with Gasteiger partial charge in [0.05, 0.1) is 12.6 Å². The molecule has 0 aromatic heterocycles. The molecule has 3 nitrogen and oxygen atoms in total. The van der Waals surface area contributed by atoms with Crippen LogP contribution in [-0.4, -0.2) is 35.7 Å². The minimum atomic E-state index is -1.17. The number of nitrogens with zero attached hydrogens (tertiary/aromatic N) is 1. The Morgan fingerprint density at radius 1 is 1.44 bits per heavy atom. The van der Waals surface area contributed by atoms with E-state index in [1.54, 1.807) is 0 Å². The Balaban J connectivity index is 2.30. The fraction of sp³-hybridized carbons (Fsp3) is 0.538. The SMILES string of the molecule is CCN1CCO[C@](O)(c2ccccc2)[C@H]1C. The van der Waals surface area contributed by atoms with Gasteiger partial charge >= 0.3 is 0 Å². The number of hydrogen-bond acceptors (Lipinski definition) is 3. The van der Waals surface area contributed by atoms with E-state index in [2.05, 4.69) is 11.8 Å². The van der Waals surface area contributed by atoms with Crippen LogP contribution in [0.4, 0.5) is 0 Å². The van der Waals surface area contributed by atoms with Crippen LogP contribution < -0.4 is 0 Å². The molecular weight excluding hydrogens is 202 g/mol. The Morgan fingerprint density at radius 2 is 2.12 bits per heavy atom. The van der Waals surface area contributed by atoms with Gasteiger partial charge in [-0.25, -0.2) is 0 Å². The Hall–Kier alpha value is -0.900. The molecule has 1 heterocycles. The monoisotopic (exact) mass is 221 g/mol. The van der Waals surface area contributed by atoms with E-state index in [0.717, 1.165) is 18.7 Å². The summed E-state index contributed by atoms with van der Waals surface area (Å²) < 4.78 is 5.61. The zero-order valence-corrected chi connectivity index (χ0v) is 9.89. The minimum Gasteiger partial charge on any atom is -0.361 e. The van der Waals surface area contributed by atoms with E-state index in [1.807, 2.05) is 37.3 Å². The first-order chi connectivity index (χ1) is 7.68. The highest BCUT2D eigenvalue weighted by Gasteiger charge is 2.42. The van der Waals surface area contributed by atoms with Crippen LogP contribution in [0, 0.1) is 0 Å². The summed E-state index contributed by atoms with van der Waals surface area (Å²) in [7, 11) is 0. The lowest BCUT2D eigenvalue weighted by Gasteiger charge is -2.44. The van der Waals surface area contributed by atoms with E-state index in [1.165, 1.54) is 0 Å². The van der Waals surface area contributed by atoms with Crippen LogP contribution >= 0.6 is 0 Å². The molecule has 2 atom stereocenters. The van der Waals surface area contributed by atoms with Crippen molar-refractivity contribution in [3.63, 3.8) is 0 Å². The summed E-state index contributed by atoms with van der Waals surface area (Å²) in [5, 5.41) is 10.6. The van der Waals surface area contributed by atoms with Gasteiger partial charge in [-0.05, 0) is 13.5 Å². The molecule has 1 aromatic rings. The second kappa shape index (κ2) is 4.53. The number of rotatable bonds is 2. The predicted molar refractivity (Wildman–Crippen MR) is 63.0 cm³/mol. The lowest BCUT2D eigenvalue weighted by molar-refractivity contribution is -0.274. The second-order valence-corrected chi connectivity index (χ2v) is 4.22. The molecule has 1 aliphatic rings. The van der Waals surface area contributed by atoms with E-state index in [9.17, 15) is 5.11 Å². The molecule has 0 bridgehead atoms. The molecule has 16 heavy (non-hydrogen) atoms. The number of aliphatic hydroxyl groups is 1. The summed E-state index contributed by atoms with van der Waals surface area (Å²) in [6, 6.07) is 9.60. The third kappa shape index (κ3) is 1.86. The van der Waals surface area contributed by atoms with Crippen LogP contribution in [0.15, 0.2) is 30.3 Å². The van der Waals surface area contributed by atoms with Crippen LogP contribution in [-0.2, 0) is 10.5 Å². The van der Waals surface area contributed by atoms with Crippen LogP contribution in [0.25, 0.3) is 0 Å². The summed E-state index contributed by atoms with van der Waals surface area (Å²) >= 11 is 0.